The summed E-state index contributed by atoms with van der Waals surface area (Å²) in [5.41, 5.74) is 0.456. The SMILES string of the molecule is CNCCN(C)C(=O)C1CCCN1C(=O)c1ccc(Cl)c(Cl)c1.Cl. The number of hydrogen-bond donors (Lipinski definition) is 1. The third-order valence-electron chi connectivity index (χ3n) is 4.04. The Kier molecular flexibility index (Phi) is 8.30. The van der Waals surface area contributed by atoms with Crippen molar-refractivity contribution in [3.8, 4) is 0 Å². The molecule has 0 radical (unpaired) electrons. The molecule has 0 aromatic heterocycles. The topological polar surface area (TPSA) is 52.7 Å². The summed E-state index contributed by atoms with van der Waals surface area (Å²) in [5, 5.41) is 3.76. The monoisotopic (exact) mass is 393 g/mol. The van der Waals surface area contributed by atoms with Gasteiger partial charge in [0.2, 0.25) is 5.91 Å². The highest BCUT2D eigenvalue weighted by Crippen LogP contribution is 2.26. The van der Waals surface area contributed by atoms with Crippen molar-refractivity contribution in [3.05, 3.63) is 33.8 Å². The highest BCUT2D eigenvalue weighted by Gasteiger charge is 2.36. The Balaban J connectivity index is 0.00000288. The van der Waals surface area contributed by atoms with Crippen LogP contribution < -0.4 is 5.32 Å². The maximum Gasteiger partial charge on any atom is 0.254 e. The van der Waals surface area contributed by atoms with Crippen LogP contribution in [0.5, 0.6) is 0 Å². The fraction of sp³-hybridized carbons (Fsp3) is 0.500. The first-order valence-electron chi connectivity index (χ1n) is 7.61. The lowest BCUT2D eigenvalue weighted by molar-refractivity contribution is -0.133. The molecule has 5 nitrogen and oxygen atoms in total. The summed E-state index contributed by atoms with van der Waals surface area (Å²) in [6, 6.07) is 4.39. The minimum Gasteiger partial charge on any atom is -0.343 e. The molecule has 0 bridgehead atoms. The summed E-state index contributed by atoms with van der Waals surface area (Å²) in [7, 11) is 3.60. The van der Waals surface area contributed by atoms with Crippen LogP contribution in [-0.2, 0) is 4.79 Å². The molecule has 1 fully saturated rings. The molecular weight excluding hydrogens is 373 g/mol. The number of rotatable bonds is 5. The molecule has 1 aliphatic rings. The Morgan fingerprint density at radius 1 is 1.33 bits per heavy atom. The van der Waals surface area contributed by atoms with E-state index in [0.717, 1.165) is 13.0 Å². The molecule has 1 aromatic rings. The number of nitrogens with one attached hydrogen (secondary N) is 1. The van der Waals surface area contributed by atoms with E-state index in [0.29, 0.717) is 35.1 Å². The van der Waals surface area contributed by atoms with E-state index in [4.69, 9.17) is 23.2 Å². The van der Waals surface area contributed by atoms with Crippen LogP contribution in [0, 0.1) is 0 Å². The van der Waals surface area contributed by atoms with E-state index in [-0.39, 0.29) is 24.2 Å². The number of nitrogens with zero attached hydrogens (tertiary/aromatic N) is 2. The lowest BCUT2D eigenvalue weighted by Gasteiger charge is -2.28. The Bertz CT molecular complexity index is 598. The van der Waals surface area contributed by atoms with Crippen LogP contribution in [0.2, 0.25) is 10.0 Å². The molecule has 24 heavy (non-hydrogen) atoms. The zero-order valence-electron chi connectivity index (χ0n) is 13.7. The minimum absolute atomic E-state index is 0. The molecule has 134 valence electrons. The van der Waals surface area contributed by atoms with Gasteiger partial charge in [0.25, 0.3) is 5.91 Å². The van der Waals surface area contributed by atoms with Gasteiger partial charge in [-0.15, -0.1) is 12.4 Å². The maximum absolute atomic E-state index is 12.7. The molecule has 1 saturated heterocycles. The third-order valence-corrected chi connectivity index (χ3v) is 4.78. The second-order valence-corrected chi connectivity index (χ2v) is 6.46. The van der Waals surface area contributed by atoms with Crippen LogP contribution in [0.3, 0.4) is 0 Å². The number of likely N-dealkylation sites (N-methyl/N-ethyl adjacent to an activating group) is 2. The van der Waals surface area contributed by atoms with Gasteiger partial charge in [-0.05, 0) is 38.1 Å². The molecule has 0 aliphatic carbocycles. The molecule has 0 spiro atoms. The summed E-state index contributed by atoms with van der Waals surface area (Å²) in [6.07, 6.45) is 1.51. The summed E-state index contributed by atoms with van der Waals surface area (Å²) in [4.78, 5) is 28.6. The van der Waals surface area contributed by atoms with Crippen molar-refractivity contribution in [2.24, 2.45) is 0 Å². The average Bonchev–Trinajstić information content (AvgIpc) is 3.03. The molecule has 8 heteroatoms. The zero-order chi connectivity index (χ0) is 17.0. The Hall–Kier alpha value is -1.01. The maximum atomic E-state index is 12.7. The lowest BCUT2D eigenvalue weighted by atomic mass is 10.1. The van der Waals surface area contributed by atoms with Crippen molar-refractivity contribution in [1.29, 1.82) is 0 Å². The predicted molar refractivity (Wildman–Crippen MR) is 99.3 cm³/mol. The first-order valence-corrected chi connectivity index (χ1v) is 8.37. The Morgan fingerprint density at radius 2 is 2.04 bits per heavy atom. The van der Waals surface area contributed by atoms with Crippen molar-refractivity contribution in [1.82, 2.24) is 15.1 Å². The van der Waals surface area contributed by atoms with Crippen LogP contribution in [0.25, 0.3) is 0 Å². The van der Waals surface area contributed by atoms with Crippen LogP contribution in [0.4, 0.5) is 0 Å². The highest BCUT2D eigenvalue weighted by molar-refractivity contribution is 6.42. The highest BCUT2D eigenvalue weighted by atomic mass is 35.5. The van der Waals surface area contributed by atoms with Crippen molar-refractivity contribution in [2.45, 2.75) is 18.9 Å². The van der Waals surface area contributed by atoms with E-state index in [9.17, 15) is 9.59 Å². The number of amides is 2. The van der Waals surface area contributed by atoms with Gasteiger partial charge in [-0.2, -0.15) is 0 Å². The van der Waals surface area contributed by atoms with Gasteiger partial charge in [0.05, 0.1) is 10.0 Å². The van der Waals surface area contributed by atoms with E-state index in [2.05, 4.69) is 5.32 Å². The van der Waals surface area contributed by atoms with Gasteiger partial charge < -0.3 is 15.1 Å². The van der Waals surface area contributed by atoms with Gasteiger partial charge in [-0.1, -0.05) is 23.2 Å². The van der Waals surface area contributed by atoms with E-state index < -0.39 is 6.04 Å². The largest absolute Gasteiger partial charge is 0.343 e. The fourth-order valence-corrected chi connectivity index (χ4v) is 3.00. The molecule has 2 rings (SSSR count). The summed E-state index contributed by atoms with van der Waals surface area (Å²) >= 11 is 11.9. The number of hydrogen-bond acceptors (Lipinski definition) is 3. The van der Waals surface area contributed by atoms with Crippen LogP contribution >= 0.6 is 35.6 Å². The molecule has 1 unspecified atom stereocenters. The van der Waals surface area contributed by atoms with Crippen LogP contribution in [-0.4, -0.2) is 61.4 Å². The van der Waals surface area contributed by atoms with Gasteiger partial charge in [0.15, 0.2) is 0 Å². The molecule has 1 aliphatic heterocycles. The molecule has 1 aromatic carbocycles. The normalized spacial score (nSPS) is 16.7. The van der Waals surface area contributed by atoms with E-state index in [1.807, 2.05) is 7.05 Å². The third kappa shape index (κ3) is 4.76. The van der Waals surface area contributed by atoms with Crippen molar-refractivity contribution in [3.63, 3.8) is 0 Å². The van der Waals surface area contributed by atoms with E-state index >= 15 is 0 Å². The number of carbonyl (C=O) groups excluding carboxylic acids is 2. The smallest absolute Gasteiger partial charge is 0.254 e. The average molecular weight is 395 g/mol. The first-order chi connectivity index (χ1) is 11.0. The summed E-state index contributed by atoms with van der Waals surface area (Å²) in [5.74, 6) is -0.201. The summed E-state index contributed by atoms with van der Waals surface area (Å²) < 4.78 is 0. The van der Waals surface area contributed by atoms with Gasteiger partial charge in [-0.25, -0.2) is 0 Å². The van der Waals surface area contributed by atoms with Gasteiger partial charge >= 0.3 is 0 Å². The van der Waals surface area contributed by atoms with Gasteiger partial charge in [0.1, 0.15) is 6.04 Å². The molecule has 0 saturated carbocycles. The summed E-state index contributed by atoms with van der Waals surface area (Å²) in [6.45, 7) is 1.91. The number of halogens is 3. The van der Waals surface area contributed by atoms with Crippen molar-refractivity contribution >= 4 is 47.4 Å². The Morgan fingerprint density at radius 3 is 2.67 bits per heavy atom. The van der Waals surface area contributed by atoms with Crippen LogP contribution in [0.15, 0.2) is 18.2 Å². The van der Waals surface area contributed by atoms with E-state index in [1.54, 1.807) is 35.0 Å². The minimum atomic E-state index is -0.404. The second kappa shape index (κ2) is 9.47. The predicted octanol–water partition coefficient (Wildman–Crippen LogP) is 2.70. The van der Waals surface area contributed by atoms with Gasteiger partial charge in [-0.3, -0.25) is 9.59 Å². The number of carbonyl (C=O) groups is 2. The fourth-order valence-electron chi connectivity index (χ4n) is 2.71. The number of benzene rings is 1. The van der Waals surface area contributed by atoms with Crippen LogP contribution in [0.1, 0.15) is 23.2 Å². The molecule has 2 amide bonds. The molecule has 1 N–H and O–H groups in total. The number of likely N-dealkylation sites (tertiary alicyclic amines) is 1. The molecule has 1 heterocycles. The van der Waals surface area contributed by atoms with Crippen molar-refractivity contribution in [2.75, 3.05) is 33.7 Å². The standard InChI is InChI=1S/C16H21Cl2N3O2.ClH/c1-19-7-9-20(2)16(23)14-4-3-8-21(14)15(22)11-5-6-12(17)13(18)10-11;/h5-6,10,14,19H,3-4,7-9H2,1-2H3;1H. The molecule has 1 atom stereocenters. The van der Waals surface area contributed by atoms with Crippen molar-refractivity contribution < 1.29 is 9.59 Å². The first kappa shape index (κ1) is 21.0. The quantitative estimate of drug-likeness (QED) is 0.835. The van der Waals surface area contributed by atoms with Gasteiger partial charge in [0, 0.05) is 32.2 Å². The lowest BCUT2D eigenvalue weighted by Crippen LogP contribution is -2.47. The molecular formula is C16H22Cl3N3O2. The Labute approximate surface area is 158 Å². The zero-order valence-corrected chi connectivity index (χ0v) is 16.0. The second-order valence-electron chi connectivity index (χ2n) is 5.65. The van der Waals surface area contributed by atoms with E-state index in [1.165, 1.54) is 0 Å².